The zero-order valence-corrected chi connectivity index (χ0v) is 10.7. The fourth-order valence-electron chi connectivity index (χ4n) is 2.29. The summed E-state index contributed by atoms with van der Waals surface area (Å²) in [5, 5.41) is 8.66. The average molecular weight is 241 g/mol. The monoisotopic (exact) mass is 241 g/mol. The van der Waals surface area contributed by atoms with Crippen LogP contribution in [-0.4, -0.2) is 35.0 Å². The molecule has 0 aliphatic carbocycles. The molecule has 0 aromatic carbocycles. The minimum absolute atomic E-state index is 0.0644. The van der Waals surface area contributed by atoms with Crippen LogP contribution in [-0.2, 0) is 9.59 Å². The van der Waals surface area contributed by atoms with E-state index in [4.69, 9.17) is 5.11 Å². The normalized spacial score (nSPS) is 19.2. The van der Waals surface area contributed by atoms with Gasteiger partial charge in [-0.05, 0) is 18.8 Å². The summed E-state index contributed by atoms with van der Waals surface area (Å²) < 4.78 is 0. The van der Waals surface area contributed by atoms with Crippen molar-refractivity contribution in [2.75, 3.05) is 13.1 Å². The number of rotatable bonds is 4. The first-order valence-electron chi connectivity index (χ1n) is 6.59. The maximum atomic E-state index is 12.0. The maximum absolute atomic E-state index is 12.0. The summed E-state index contributed by atoms with van der Waals surface area (Å²) in [5.41, 5.74) is 0. The molecule has 1 aliphatic heterocycles. The third kappa shape index (κ3) is 5.71. The molecule has 1 unspecified atom stereocenters. The van der Waals surface area contributed by atoms with Crippen LogP contribution in [0.25, 0.3) is 0 Å². The lowest BCUT2D eigenvalue weighted by Crippen LogP contribution is -2.34. The Hall–Kier alpha value is -1.06. The van der Waals surface area contributed by atoms with Gasteiger partial charge >= 0.3 is 5.97 Å². The molecular weight excluding hydrogens is 218 g/mol. The van der Waals surface area contributed by atoms with Crippen molar-refractivity contribution >= 4 is 11.9 Å². The van der Waals surface area contributed by atoms with Gasteiger partial charge in [0, 0.05) is 25.9 Å². The number of aliphatic carboxylic acids is 1. The molecule has 1 amide bonds. The molecule has 1 atom stereocenters. The van der Waals surface area contributed by atoms with E-state index in [1.807, 2.05) is 11.8 Å². The Kier molecular flexibility index (Phi) is 6.01. The van der Waals surface area contributed by atoms with Crippen molar-refractivity contribution in [1.29, 1.82) is 0 Å². The number of hydrogen-bond acceptors (Lipinski definition) is 2. The SMILES string of the molecule is CC(CC(=O)O)CC(=O)N1CCCCCCC1. The molecule has 4 nitrogen and oxygen atoms in total. The Balaban J connectivity index is 2.36. The predicted octanol–water partition coefficient (Wildman–Crippen LogP) is 2.28. The quantitative estimate of drug-likeness (QED) is 0.821. The number of amides is 1. The van der Waals surface area contributed by atoms with Gasteiger partial charge in [-0.1, -0.05) is 26.2 Å². The second-order valence-corrected chi connectivity index (χ2v) is 5.06. The van der Waals surface area contributed by atoms with Gasteiger partial charge in [0.2, 0.25) is 5.91 Å². The second-order valence-electron chi connectivity index (χ2n) is 5.06. The number of carboxylic acids is 1. The van der Waals surface area contributed by atoms with Crippen molar-refractivity contribution in [1.82, 2.24) is 4.90 Å². The van der Waals surface area contributed by atoms with E-state index in [9.17, 15) is 9.59 Å². The molecule has 4 heteroatoms. The van der Waals surface area contributed by atoms with Crippen molar-refractivity contribution in [3.63, 3.8) is 0 Å². The molecule has 1 N–H and O–H groups in total. The molecule has 0 saturated carbocycles. The fraction of sp³-hybridized carbons (Fsp3) is 0.846. The molecule has 1 rings (SSSR count). The van der Waals surface area contributed by atoms with Gasteiger partial charge in [-0.15, -0.1) is 0 Å². The highest BCUT2D eigenvalue weighted by molar-refractivity contribution is 5.77. The number of carboxylic acid groups (broad SMARTS) is 1. The third-order valence-electron chi connectivity index (χ3n) is 3.25. The van der Waals surface area contributed by atoms with Crippen molar-refractivity contribution < 1.29 is 14.7 Å². The first kappa shape index (κ1) is 14.0. The molecule has 1 heterocycles. The standard InChI is InChI=1S/C13H23NO3/c1-11(10-13(16)17)9-12(15)14-7-5-3-2-4-6-8-14/h11H,2-10H2,1H3,(H,16,17). The fourth-order valence-corrected chi connectivity index (χ4v) is 2.29. The van der Waals surface area contributed by atoms with Crippen molar-refractivity contribution in [2.45, 2.75) is 51.9 Å². The van der Waals surface area contributed by atoms with Crippen LogP contribution >= 0.6 is 0 Å². The highest BCUT2D eigenvalue weighted by Crippen LogP contribution is 2.14. The Bertz CT molecular complexity index is 257. The Labute approximate surface area is 103 Å². The summed E-state index contributed by atoms with van der Waals surface area (Å²) in [6, 6.07) is 0. The first-order valence-corrected chi connectivity index (χ1v) is 6.59. The Morgan fingerprint density at radius 1 is 1.06 bits per heavy atom. The van der Waals surface area contributed by atoms with E-state index in [1.54, 1.807) is 0 Å². The third-order valence-corrected chi connectivity index (χ3v) is 3.25. The van der Waals surface area contributed by atoms with E-state index in [0.29, 0.717) is 6.42 Å². The molecule has 0 aromatic rings. The summed E-state index contributed by atoms with van der Waals surface area (Å²) >= 11 is 0. The first-order chi connectivity index (χ1) is 8.09. The van der Waals surface area contributed by atoms with E-state index in [0.717, 1.165) is 25.9 Å². The number of carbonyl (C=O) groups is 2. The number of nitrogens with zero attached hydrogens (tertiary/aromatic N) is 1. The molecule has 1 aliphatic rings. The smallest absolute Gasteiger partial charge is 0.303 e. The van der Waals surface area contributed by atoms with Crippen molar-refractivity contribution in [3.8, 4) is 0 Å². The summed E-state index contributed by atoms with van der Waals surface area (Å²) in [6.45, 7) is 3.52. The number of likely N-dealkylation sites (tertiary alicyclic amines) is 1. The van der Waals surface area contributed by atoms with Crippen molar-refractivity contribution in [3.05, 3.63) is 0 Å². The lowest BCUT2D eigenvalue weighted by Gasteiger charge is -2.25. The molecular formula is C13H23NO3. The highest BCUT2D eigenvalue weighted by atomic mass is 16.4. The molecule has 1 saturated heterocycles. The van der Waals surface area contributed by atoms with E-state index >= 15 is 0 Å². The zero-order chi connectivity index (χ0) is 12.7. The van der Waals surface area contributed by atoms with Crippen LogP contribution in [0.4, 0.5) is 0 Å². The van der Waals surface area contributed by atoms with E-state index < -0.39 is 5.97 Å². The van der Waals surface area contributed by atoms with Gasteiger partial charge in [0.15, 0.2) is 0 Å². The van der Waals surface area contributed by atoms with Gasteiger partial charge in [0.05, 0.1) is 0 Å². The number of carbonyl (C=O) groups excluding carboxylic acids is 1. The zero-order valence-electron chi connectivity index (χ0n) is 10.7. The van der Waals surface area contributed by atoms with Gasteiger partial charge in [0.25, 0.3) is 0 Å². The largest absolute Gasteiger partial charge is 0.481 e. The summed E-state index contributed by atoms with van der Waals surface area (Å²) in [4.78, 5) is 24.4. The van der Waals surface area contributed by atoms with Gasteiger partial charge < -0.3 is 10.0 Å². The summed E-state index contributed by atoms with van der Waals surface area (Å²) in [5.74, 6) is -0.760. The molecule has 0 spiro atoms. The van der Waals surface area contributed by atoms with Gasteiger partial charge in [0.1, 0.15) is 0 Å². The van der Waals surface area contributed by atoms with Crippen LogP contribution in [0.3, 0.4) is 0 Å². The minimum atomic E-state index is -0.821. The average Bonchev–Trinajstić information content (AvgIpc) is 2.14. The van der Waals surface area contributed by atoms with E-state index in [-0.39, 0.29) is 18.2 Å². The lowest BCUT2D eigenvalue weighted by molar-refractivity contribution is -0.138. The summed E-state index contributed by atoms with van der Waals surface area (Å²) in [7, 11) is 0. The van der Waals surface area contributed by atoms with Crippen LogP contribution in [0.5, 0.6) is 0 Å². The Morgan fingerprint density at radius 3 is 2.12 bits per heavy atom. The van der Waals surface area contributed by atoms with Crippen LogP contribution in [0, 0.1) is 5.92 Å². The maximum Gasteiger partial charge on any atom is 0.303 e. The molecule has 17 heavy (non-hydrogen) atoms. The van der Waals surface area contributed by atoms with E-state index in [2.05, 4.69) is 0 Å². The van der Waals surface area contributed by atoms with Crippen LogP contribution in [0.15, 0.2) is 0 Å². The van der Waals surface area contributed by atoms with E-state index in [1.165, 1.54) is 19.3 Å². The topological polar surface area (TPSA) is 57.6 Å². The second kappa shape index (κ2) is 7.30. The molecule has 0 aromatic heterocycles. The molecule has 0 radical (unpaired) electrons. The highest BCUT2D eigenvalue weighted by Gasteiger charge is 2.18. The van der Waals surface area contributed by atoms with Gasteiger partial charge in [-0.3, -0.25) is 9.59 Å². The Morgan fingerprint density at radius 2 is 1.59 bits per heavy atom. The minimum Gasteiger partial charge on any atom is -0.481 e. The van der Waals surface area contributed by atoms with Crippen molar-refractivity contribution in [2.24, 2.45) is 5.92 Å². The lowest BCUT2D eigenvalue weighted by atomic mass is 10.0. The van der Waals surface area contributed by atoms with Gasteiger partial charge in [-0.25, -0.2) is 0 Å². The summed E-state index contributed by atoms with van der Waals surface area (Å²) in [6.07, 6.45) is 6.30. The van der Waals surface area contributed by atoms with Crippen LogP contribution in [0.2, 0.25) is 0 Å². The molecule has 98 valence electrons. The van der Waals surface area contributed by atoms with Crippen LogP contribution in [0.1, 0.15) is 51.9 Å². The molecule has 1 fully saturated rings. The van der Waals surface area contributed by atoms with Gasteiger partial charge in [-0.2, -0.15) is 0 Å². The molecule has 0 bridgehead atoms. The van der Waals surface area contributed by atoms with Crippen LogP contribution < -0.4 is 0 Å². The number of hydrogen-bond donors (Lipinski definition) is 1. The predicted molar refractivity (Wildman–Crippen MR) is 65.7 cm³/mol.